The van der Waals surface area contributed by atoms with Crippen molar-refractivity contribution in [1.29, 1.82) is 0 Å². The van der Waals surface area contributed by atoms with Gasteiger partial charge in [-0.15, -0.1) is 0 Å². The average molecular weight is 409 g/mol. The lowest BCUT2D eigenvalue weighted by Crippen LogP contribution is -2.32. The van der Waals surface area contributed by atoms with Gasteiger partial charge in [0.15, 0.2) is 0 Å². The van der Waals surface area contributed by atoms with Crippen LogP contribution in [-0.2, 0) is 4.79 Å². The Morgan fingerprint density at radius 3 is 2.19 bits per heavy atom. The Hall–Kier alpha value is -2.43. The van der Waals surface area contributed by atoms with Crippen LogP contribution in [0.3, 0.4) is 0 Å². The second-order valence-corrected chi connectivity index (χ2v) is 7.02. The smallest absolute Gasteiger partial charge is 0.238 e. The average Bonchev–Trinajstić information content (AvgIpc) is 2.66. The molecular formula is C22H21BrN2O. The van der Waals surface area contributed by atoms with Crippen LogP contribution in [0.5, 0.6) is 0 Å². The molecule has 0 saturated heterocycles. The van der Waals surface area contributed by atoms with Crippen molar-refractivity contribution < 1.29 is 4.79 Å². The quantitative estimate of drug-likeness (QED) is 0.597. The molecule has 1 atom stereocenters. The van der Waals surface area contributed by atoms with E-state index in [1.807, 2.05) is 42.5 Å². The number of hydrogen-bond donors (Lipinski definition) is 2. The third-order valence-electron chi connectivity index (χ3n) is 4.16. The van der Waals surface area contributed by atoms with Crippen molar-refractivity contribution in [3.05, 3.63) is 100 Å². The minimum absolute atomic E-state index is 0.0400. The zero-order valence-corrected chi connectivity index (χ0v) is 16.2. The minimum Gasteiger partial charge on any atom is -0.324 e. The molecule has 3 aromatic carbocycles. The number of anilines is 1. The Morgan fingerprint density at radius 2 is 1.50 bits per heavy atom. The van der Waals surface area contributed by atoms with E-state index in [1.54, 1.807) is 0 Å². The molecule has 0 aliphatic carbocycles. The van der Waals surface area contributed by atoms with E-state index in [-0.39, 0.29) is 18.5 Å². The van der Waals surface area contributed by atoms with Gasteiger partial charge in [0.25, 0.3) is 0 Å². The highest BCUT2D eigenvalue weighted by Crippen LogP contribution is 2.23. The maximum atomic E-state index is 12.4. The second kappa shape index (κ2) is 8.79. The Balaban J connectivity index is 1.73. The molecule has 0 heterocycles. The molecule has 132 valence electrons. The van der Waals surface area contributed by atoms with Gasteiger partial charge in [0.2, 0.25) is 5.91 Å². The van der Waals surface area contributed by atoms with Gasteiger partial charge in [-0.1, -0.05) is 72.3 Å². The van der Waals surface area contributed by atoms with Crippen LogP contribution in [0.4, 0.5) is 5.69 Å². The fourth-order valence-corrected chi connectivity index (χ4v) is 3.17. The van der Waals surface area contributed by atoms with Crippen LogP contribution in [-0.4, -0.2) is 12.5 Å². The van der Waals surface area contributed by atoms with Gasteiger partial charge in [-0.05, 0) is 46.1 Å². The van der Waals surface area contributed by atoms with E-state index in [0.717, 1.165) is 21.3 Å². The van der Waals surface area contributed by atoms with Gasteiger partial charge in [-0.2, -0.15) is 0 Å². The largest absolute Gasteiger partial charge is 0.324 e. The first-order valence-corrected chi connectivity index (χ1v) is 9.32. The third-order valence-corrected chi connectivity index (χ3v) is 4.85. The topological polar surface area (TPSA) is 41.1 Å². The zero-order chi connectivity index (χ0) is 18.4. The Kier molecular flexibility index (Phi) is 6.21. The molecule has 2 N–H and O–H groups in total. The molecule has 0 bridgehead atoms. The normalized spacial score (nSPS) is 11.8. The number of nitrogens with one attached hydrogen (secondary N) is 2. The van der Waals surface area contributed by atoms with Crippen molar-refractivity contribution in [3.63, 3.8) is 0 Å². The van der Waals surface area contributed by atoms with Crippen molar-refractivity contribution in [2.24, 2.45) is 0 Å². The lowest BCUT2D eigenvalue weighted by molar-refractivity contribution is -0.115. The first-order chi connectivity index (χ1) is 12.6. The van der Waals surface area contributed by atoms with E-state index in [0.29, 0.717) is 0 Å². The zero-order valence-electron chi connectivity index (χ0n) is 14.6. The van der Waals surface area contributed by atoms with Crippen molar-refractivity contribution in [2.45, 2.75) is 13.0 Å². The number of para-hydroxylation sites is 1. The lowest BCUT2D eigenvalue weighted by Gasteiger charge is -2.20. The SMILES string of the molecule is Cc1ccc([C@H](NCC(=O)Nc2ccccc2Br)c2ccccc2)cc1. The number of carbonyl (C=O) groups excluding carboxylic acids is 1. The summed E-state index contributed by atoms with van der Waals surface area (Å²) < 4.78 is 0.867. The van der Waals surface area contributed by atoms with Crippen LogP contribution in [0.2, 0.25) is 0 Å². The molecule has 0 radical (unpaired) electrons. The molecule has 0 aliphatic heterocycles. The summed E-state index contributed by atoms with van der Waals surface area (Å²) in [5, 5.41) is 6.31. The van der Waals surface area contributed by atoms with Gasteiger partial charge in [-0.3, -0.25) is 10.1 Å². The highest BCUT2D eigenvalue weighted by molar-refractivity contribution is 9.10. The summed E-state index contributed by atoms with van der Waals surface area (Å²) in [6.45, 7) is 2.29. The highest BCUT2D eigenvalue weighted by atomic mass is 79.9. The molecule has 3 rings (SSSR count). The Morgan fingerprint density at radius 1 is 0.885 bits per heavy atom. The minimum atomic E-state index is -0.0788. The molecule has 0 spiro atoms. The summed E-state index contributed by atoms with van der Waals surface area (Å²) in [5.74, 6) is -0.0788. The number of aryl methyl sites for hydroxylation is 1. The standard InChI is InChI=1S/C22H21BrN2O/c1-16-11-13-18(14-12-16)22(17-7-3-2-4-8-17)24-15-21(26)25-20-10-6-5-9-19(20)23/h2-14,22,24H,15H2,1H3,(H,25,26)/t22-/m1/s1. The number of rotatable bonds is 6. The predicted molar refractivity (Wildman–Crippen MR) is 110 cm³/mol. The van der Waals surface area contributed by atoms with Crippen molar-refractivity contribution in [2.75, 3.05) is 11.9 Å². The second-order valence-electron chi connectivity index (χ2n) is 6.16. The number of hydrogen-bond acceptors (Lipinski definition) is 2. The maximum Gasteiger partial charge on any atom is 0.238 e. The van der Waals surface area contributed by atoms with Gasteiger partial charge in [0, 0.05) is 4.47 Å². The molecule has 3 aromatic rings. The van der Waals surface area contributed by atoms with Gasteiger partial charge in [-0.25, -0.2) is 0 Å². The van der Waals surface area contributed by atoms with E-state index in [4.69, 9.17) is 0 Å². The molecule has 0 unspecified atom stereocenters. The van der Waals surface area contributed by atoms with E-state index in [2.05, 4.69) is 69.9 Å². The van der Waals surface area contributed by atoms with Crippen molar-refractivity contribution in [1.82, 2.24) is 5.32 Å². The van der Waals surface area contributed by atoms with E-state index in [1.165, 1.54) is 5.56 Å². The van der Waals surface area contributed by atoms with Crippen LogP contribution < -0.4 is 10.6 Å². The van der Waals surface area contributed by atoms with E-state index < -0.39 is 0 Å². The van der Waals surface area contributed by atoms with Crippen molar-refractivity contribution >= 4 is 27.5 Å². The summed E-state index contributed by atoms with van der Waals surface area (Å²) in [4.78, 5) is 12.4. The van der Waals surface area contributed by atoms with E-state index in [9.17, 15) is 4.79 Å². The van der Waals surface area contributed by atoms with Gasteiger partial charge in [0.1, 0.15) is 0 Å². The van der Waals surface area contributed by atoms with Crippen LogP contribution in [0.15, 0.2) is 83.3 Å². The summed E-state index contributed by atoms with van der Waals surface area (Å²) >= 11 is 3.45. The molecule has 0 aromatic heterocycles. The molecular weight excluding hydrogens is 388 g/mol. The molecule has 3 nitrogen and oxygen atoms in total. The molecule has 0 fully saturated rings. The summed E-state index contributed by atoms with van der Waals surface area (Å²) in [7, 11) is 0. The molecule has 1 amide bonds. The Labute approximate surface area is 162 Å². The fourth-order valence-electron chi connectivity index (χ4n) is 2.78. The molecule has 0 saturated carbocycles. The first-order valence-electron chi connectivity index (χ1n) is 8.53. The first kappa shape index (κ1) is 18.4. The van der Waals surface area contributed by atoms with Gasteiger partial charge >= 0.3 is 0 Å². The predicted octanol–water partition coefficient (Wildman–Crippen LogP) is 5.08. The Bertz CT molecular complexity index is 863. The summed E-state index contributed by atoms with van der Waals surface area (Å²) in [6, 6.07) is 26.1. The van der Waals surface area contributed by atoms with Crippen LogP contribution in [0.1, 0.15) is 22.7 Å². The van der Waals surface area contributed by atoms with Gasteiger partial charge < -0.3 is 5.32 Å². The highest BCUT2D eigenvalue weighted by Gasteiger charge is 2.15. The lowest BCUT2D eigenvalue weighted by atomic mass is 9.98. The molecule has 4 heteroatoms. The number of benzene rings is 3. The number of carbonyl (C=O) groups is 1. The maximum absolute atomic E-state index is 12.4. The fraction of sp³-hybridized carbons (Fsp3) is 0.136. The van der Waals surface area contributed by atoms with Gasteiger partial charge in [0.05, 0.1) is 18.3 Å². The molecule has 0 aliphatic rings. The number of halogens is 1. The summed E-state index contributed by atoms with van der Waals surface area (Å²) in [5.41, 5.74) is 4.25. The van der Waals surface area contributed by atoms with Crippen molar-refractivity contribution in [3.8, 4) is 0 Å². The summed E-state index contributed by atoms with van der Waals surface area (Å²) in [6.07, 6.45) is 0. The number of amides is 1. The van der Waals surface area contributed by atoms with Crippen LogP contribution in [0, 0.1) is 6.92 Å². The third kappa shape index (κ3) is 4.81. The van der Waals surface area contributed by atoms with Crippen LogP contribution in [0.25, 0.3) is 0 Å². The van der Waals surface area contributed by atoms with Crippen LogP contribution >= 0.6 is 15.9 Å². The molecule has 26 heavy (non-hydrogen) atoms. The van der Waals surface area contributed by atoms with E-state index >= 15 is 0 Å². The monoisotopic (exact) mass is 408 g/mol.